The lowest BCUT2D eigenvalue weighted by Gasteiger charge is -2.49. The number of nitrogens with zero attached hydrogens (tertiary/aromatic N) is 1. The molecule has 2 heteroatoms. The smallest absolute Gasteiger partial charge is 0.141 e. The number of fused-ring (bicyclic) bond motifs is 4. The van der Waals surface area contributed by atoms with E-state index >= 15 is 0 Å². The van der Waals surface area contributed by atoms with Crippen LogP contribution in [-0.2, 0) is 4.79 Å². The molecule has 2 saturated heterocycles. The van der Waals surface area contributed by atoms with Crippen LogP contribution in [0.3, 0.4) is 0 Å². The van der Waals surface area contributed by atoms with Gasteiger partial charge in [0, 0.05) is 23.4 Å². The van der Waals surface area contributed by atoms with Gasteiger partial charge in [-0.05, 0) is 51.0 Å². The summed E-state index contributed by atoms with van der Waals surface area (Å²) in [6.07, 6.45) is 7.80. The molecular weight excluding hydrogens is 234 g/mol. The van der Waals surface area contributed by atoms with Gasteiger partial charge in [0.15, 0.2) is 0 Å². The summed E-state index contributed by atoms with van der Waals surface area (Å²) in [4.78, 5) is 15.4. The van der Waals surface area contributed by atoms with Gasteiger partial charge in [-0.2, -0.15) is 0 Å². The van der Waals surface area contributed by atoms with E-state index in [-0.39, 0.29) is 5.41 Å². The summed E-state index contributed by atoms with van der Waals surface area (Å²) in [5.74, 6) is 2.38. The zero-order chi connectivity index (χ0) is 13.8. The van der Waals surface area contributed by atoms with Gasteiger partial charge in [0.25, 0.3) is 0 Å². The van der Waals surface area contributed by atoms with Crippen LogP contribution in [0.5, 0.6) is 0 Å². The van der Waals surface area contributed by atoms with E-state index < -0.39 is 0 Å². The van der Waals surface area contributed by atoms with Crippen molar-refractivity contribution in [3.8, 4) is 0 Å². The molecular formula is C17H29NO. The quantitative estimate of drug-likeness (QED) is 0.721. The van der Waals surface area contributed by atoms with Gasteiger partial charge >= 0.3 is 0 Å². The first-order chi connectivity index (χ1) is 8.89. The molecule has 2 aliphatic heterocycles. The van der Waals surface area contributed by atoms with Gasteiger partial charge in [-0.1, -0.05) is 27.2 Å². The number of Topliss-reactive ketones (excluding diaryl/α,β-unsaturated/α-hetero) is 1. The van der Waals surface area contributed by atoms with Crippen molar-refractivity contribution in [1.29, 1.82) is 0 Å². The topological polar surface area (TPSA) is 20.3 Å². The first-order valence-electron chi connectivity index (χ1n) is 8.16. The average molecular weight is 263 g/mol. The van der Waals surface area contributed by atoms with Crippen molar-refractivity contribution in [2.45, 2.75) is 71.4 Å². The molecule has 3 fully saturated rings. The second-order valence-electron chi connectivity index (χ2n) is 8.18. The Balaban J connectivity index is 1.83. The van der Waals surface area contributed by atoms with Gasteiger partial charge in [0.05, 0.1) is 0 Å². The Hall–Kier alpha value is -0.370. The maximum atomic E-state index is 12.8. The maximum absolute atomic E-state index is 12.8. The van der Waals surface area contributed by atoms with E-state index in [9.17, 15) is 4.79 Å². The Labute approximate surface area is 117 Å². The van der Waals surface area contributed by atoms with Crippen LogP contribution in [-0.4, -0.2) is 29.8 Å². The van der Waals surface area contributed by atoms with E-state index in [1.807, 2.05) is 0 Å². The molecule has 2 nitrogen and oxygen atoms in total. The van der Waals surface area contributed by atoms with Crippen LogP contribution in [0.4, 0.5) is 0 Å². The van der Waals surface area contributed by atoms with Gasteiger partial charge in [0.2, 0.25) is 0 Å². The van der Waals surface area contributed by atoms with Gasteiger partial charge in [-0.15, -0.1) is 0 Å². The zero-order valence-corrected chi connectivity index (χ0v) is 13.0. The molecule has 0 amide bonds. The number of ketones is 1. The molecule has 1 aliphatic carbocycles. The van der Waals surface area contributed by atoms with Crippen LogP contribution in [0, 0.1) is 23.2 Å². The summed E-state index contributed by atoms with van der Waals surface area (Å²) < 4.78 is 0. The number of piperidine rings is 1. The minimum absolute atomic E-state index is 0.158. The van der Waals surface area contributed by atoms with Crippen LogP contribution in [0.25, 0.3) is 0 Å². The van der Waals surface area contributed by atoms with Crippen molar-refractivity contribution < 1.29 is 4.79 Å². The van der Waals surface area contributed by atoms with Crippen LogP contribution in [0.15, 0.2) is 0 Å². The van der Waals surface area contributed by atoms with Crippen molar-refractivity contribution in [2.24, 2.45) is 23.2 Å². The summed E-state index contributed by atoms with van der Waals surface area (Å²) in [5, 5.41) is 0. The van der Waals surface area contributed by atoms with Crippen LogP contribution < -0.4 is 0 Å². The van der Waals surface area contributed by atoms with Crippen molar-refractivity contribution >= 4 is 5.78 Å². The first kappa shape index (κ1) is 13.6. The van der Waals surface area contributed by atoms with Crippen LogP contribution in [0.2, 0.25) is 0 Å². The molecule has 108 valence electrons. The number of carbonyl (C=O) groups excluding carboxylic acids is 1. The van der Waals surface area contributed by atoms with E-state index in [0.29, 0.717) is 17.6 Å². The molecule has 0 aromatic rings. The molecule has 1 saturated carbocycles. The molecule has 2 heterocycles. The number of hydrogen-bond donors (Lipinski definition) is 0. The average Bonchev–Trinajstić information content (AvgIpc) is 2.60. The van der Waals surface area contributed by atoms with E-state index in [0.717, 1.165) is 24.4 Å². The van der Waals surface area contributed by atoms with Crippen molar-refractivity contribution in [1.82, 2.24) is 4.90 Å². The van der Waals surface area contributed by atoms with Gasteiger partial charge < -0.3 is 4.90 Å². The SMILES string of the molecule is CN1C2CCC1C1CCCC(C(=O)C(C)(C)C)C1C2. The van der Waals surface area contributed by atoms with E-state index in [2.05, 4.69) is 32.7 Å². The van der Waals surface area contributed by atoms with Crippen molar-refractivity contribution in [3.63, 3.8) is 0 Å². The molecule has 3 aliphatic rings. The minimum atomic E-state index is -0.158. The molecule has 0 spiro atoms. The normalized spacial score (nSPS) is 43.1. The highest BCUT2D eigenvalue weighted by Gasteiger charge is 2.51. The lowest BCUT2D eigenvalue weighted by atomic mass is 9.62. The molecule has 19 heavy (non-hydrogen) atoms. The number of carbonyl (C=O) groups is 1. The fraction of sp³-hybridized carbons (Fsp3) is 0.941. The summed E-state index contributed by atoms with van der Waals surface area (Å²) in [6.45, 7) is 6.30. The molecule has 3 rings (SSSR count). The summed E-state index contributed by atoms with van der Waals surface area (Å²) >= 11 is 0. The fourth-order valence-electron chi connectivity index (χ4n) is 5.15. The predicted molar refractivity (Wildman–Crippen MR) is 78.0 cm³/mol. The Morgan fingerprint density at radius 3 is 2.47 bits per heavy atom. The second kappa shape index (κ2) is 4.58. The largest absolute Gasteiger partial charge is 0.300 e. The predicted octanol–water partition coefficient (Wildman–Crippen LogP) is 3.50. The third-order valence-corrected chi connectivity index (χ3v) is 6.13. The second-order valence-corrected chi connectivity index (χ2v) is 8.18. The monoisotopic (exact) mass is 263 g/mol. The van der Waals surface area contributed by atoms with E-state index in [4.69, 9.17) is 0 Å². The maximum Gasteiger partial charge on any atom is 0.141 e. The Kier molecular flexibility index (Phi) is 3.28. The molecule has 0 aromatic carbocycles. The number of hydrogen-bond acceptors (Lipinski definition) is 2. The third-order valence-electron chi connectivity index (χ3n) is 6.13. The standard InChI is InChI=1S/C17H29NO/c1-17(2,3)16(19)13-7-5-6-12-14(13)10-11-8-9-15(12)18(11)4/h11-15H,5-10H2,1-4H3. The van der Waals surface area contributed by atoms with Crippen LogP contribution >= 0.6 is 0 Å². The highest BCUT2D eigenvalue weighted by atomic mass is 16.1. The summed E-state index contributed by atoms with van der Waals surface area (Å²) in [6, 6.07) is 1.54. The first-order valence-corrected chi connectivity index (χ1v) is 8.16. The highest BCUT2D eigenvalue weighted by Crippen LogP contribution is 2.51. The minimum Gasteiger partial charge on any atom is -0.300 e. The molecule has 0 N–H and O–H groups in total. The van der Waals surface area contributed by atoms with Gasteiger partial charge in [0.1, 0.15) is 5.78 Å². The molecule has 5 atom stereocenters. The van der Waals surface area contributed by atoms with Crippen molar-refractivity contribution in [2.75, 3.05) is 7.05 Å². The van der Waals surface area contributed by atoms with Crippen molar-refractivity contribution in [3.05, 3.63) is 0 Å². The van der Waals surface area contributed by atoms with Crippen LogP contribution in [0.1, 0.15) is 59.3 Å². The molecule has 2 bridgehead atoms. The molecule has 5 unspecified atom stereocenters. The Bertz CT molecular complexity index is 370. The molecule has 0 aromatic heterocycles. The van der Waals surface area contributed by atoms with Gasteiger partial charge in [-0.3, -0.25) is 4.79 Å². The zero-order valence-electron chi connectivity index (χ0n) is 13.0. The van der Waals surface area contributed by atoms with E-state index in [1.54, 1.807) is 0 Å². The lowest BCUT2D eigenvalue weighted by molar-refractivity contribution is -0.136. The van der Waals surface area contributed by atoms with E-state index in [1.165, 1.54) is 32.1 Å². The highest BCUT2D eigenvalue weighted by molar-refractivity contribution is 5.86. The third kappa shape index (κ3) is 2.16. The lowest BCUT2D eigenvalue weighted by Crippen LogP contribution is -2.52. The Morgan fingerprint density at radius 1 is 1.05 bits per heavy atom. The van der Waals surface area contributed by atoms with Gasteiger partial charge in [-0.25, -0.2) is 0 Å². The fourth-order valence-corrected chi connectivity index (χ4v) is 5.15. The Morgan fingerprint density at radius 2 is 1.79 bits per heavy atom. The number of rotatable bonds is 1. The summed E-state index contributed by atoms with van der Waals surface area (Å²) in [5.41, 5.74) is -0.158. The summed E-state index contributed by atoms with van der Waals surface area (Å²) in [7, 11) is 2.31. The molecule has 0 radical (unpaired) electrons.